The number of carbonyl (C=O) groups is 2. The van der Waals surface area contributed by atoms with E-state index in [4.69, 9.17) is 9.57 Å². The number of benzene rings is 1. The van der Waals surface area contributed by atoms with E-state index in [1.54, 1.807) is 4.90 Å². The highest BCUT2D eigenvalue weighted by Gasteiger charge is 2.49. The van der Waals surface area contributed by atoms with E-state index in [-0.39, 0.29) is 24.6 Å². The fraction of sp³-hybridized carbons (Fsp3) is 0.538. The quantitative estimate of drug-likeness (QED) is 0.459. The van der Waals surface area contributed by atoms with Crippen LogP contribution in [-0.4, -0.2) is 64.4 Å². The summed E-state index contributed by atoms with van der Waals surface area (Å²) in [6, 6.07) is 11.2. The van der Waals surface area contributed by atoms with Gasteiger partial charge in [0.05, 0.1) is 18.7 Å². The van der Waals surface area contributed by atoms with Gasteiger partial charge in [-0.1, -0.05) is 18.6 Å². The number of rotatable bonds is 9. The second kappa shape index (κ2) is 12.0. The largest absolute Gasteiger partial charge is 0.350 e. The average molecular weight is 550 g/mol. The molecule has 4 rings (SSSR count). The number of nitrogens with one attached hydrogen (secondary N) is 2. The summed E-state index contributed by atoms with van der Waals surface area (Å²) in [5, 5.41) is 2.89. The fourth-order valence-electron chi connectivity index (χ4n) is 4.82. The maximum atomic E-state index is 13.5. The first-order valence-corrected chi connectivity index (χ1v) is 15.1. The van der Waals surface area contributed by atoms with E-state index >= 15 is 0 Å². The Bertz CT molecular complexity index is 1210. The van der Waals surface area contributed by atoms with Crippen LogP contribution in [0.5, 0.6) is 0 Å². The minimum Gasteiger partial charge on any atom is -0.350 e. The van der Waals surface area contributed by atoms with Crippen molar-refractivity contribution >= 4 is 38.7 Å². The Morgan fingerprint density at radius 3 is 2.70 bits per heavy atom. The number of nitrogens with zero attached hydrogens (tertiary/aromatic N) is 1. The highest BCUT2D eigenvalue weighted by Crippen LogP contribution is 2.47. The van der Waals surface area contributed by atoms with Gasteiger partial charge in [-0.15, -0.1) is 11.3 Å². The monoisotopic (exact) mass is 549 g/mol. The number of likely N-dealkylation sites (N-methyl/N-ethyl adjacent to an activating group) is 1. The Morgan fingerprint density at radius 2 is 1.97 bits per heavy atom. The summed E-state index contributed by atoms with van der Waals surface area (Å²) in [7, 11) is 0.0759. The van der Waals surface area contributed by atoms with Gasteiger partial charge in [0.1, 0.15) is 4.75 Å². The van der Waals surface area contributed by atoms with Crippen LogP contribution in [0.25, 0.3) is 10.4 Å². The minimum absolute atomic E-state index is 0.0491. The van der Waals surface area contributed by atoms with Crippen LogP contribution in [0.15, 0.2) is 36.4 Å². The molecule has 0 bridgehead atoms. The summed E-state index contributed by atoms with van der Waals surface area (Å²) in [5.74, 6) is -0.540. The van der Waals surface area contributed by atoms with Gasteiger partial charge in [-0.2, -0.15) is 0 Å². The smallest absolute Gasteiger partial charge is 0.245 e. The molecule has 1 unspecified atom stereocenters. The fourth-order valence-corrected chi connectivity index (χ4v) is 8.60. The van der Waals surface area contributed by atoms with Gasteiger partial charge in [-0.3, -0.25) is 9.59 Å². The first-order valence-electron chi connectivity index (χ1n) is 12.6. The van der Waals surface area contributed by atoms with Crippen LogP contribution in [0.4, 0.5) is 5.69 Å². The van der Waals surface area contributed by atoms with Crippen molar-refractivity contribution in [1.82, 2.24) is 10.4 Å². The number of ether oxygens (including phenoxy) is 1. The maximum Gasteiger partial charge on any atom is 0.245 e. The zero-order valence-electron chi connectivity index (χ0n) is 21.3. The molecule has 9 nitrogen and oxygen atoms in total. The third-order valence-electron chi connectivity index (χ3n) is 6.67. The van der Waals surface area contributed by atoms with E-state index in [0.29, 0.717) is 36.4 Å². The van der Waals surface area contributed by atoms with E-state index in [2.05, 4.69) is 10.8 Å². The Kier molecular flexibility index (Phi) is 9.02. The molecular weight excluding hydrogens is 514 g/mol. The van der Waals surface area contributed by atoms with E-state index in [0.717, 1.165) is 29.7 Å². The summed E-state index contributed by atoms with van der Waals surface area (Å²) in [4.78, 5) is 33.8. The van der Waals surface area contributed by atoms with Crippen LogP contribution in [-0.2, 0) is 33.7 Å². The van der Waals surface area contributed by atoms with Crippen molar-refractivity contribution in [3.8, 4) is 10.4 Å². The zero-order valence-corrected chi connectivity index (χ0v) is 23.0. The first kappa shape index (κ1) is 27.7. The van der Waals surface area contributed by atoms with Crippen LogP contribution >= 0.6 is 11.3 Å². The first-order chi connectivity index (χ1) is 17.7. The van der Waals surface area contributed by atoms with Crippen molar-refractivity contribution in [2.75, 3.05) is 38.3 Å². The lowest BCUT2D eigenvalue weighted by Gasteiger charge is -2.35. The van der Waals surface area contributed by atoms with Gasteiger partial charge in [0.2, 0.25) is 11.8 Å². The molecule has 2 fully saturated rings. The number of hydrogen-bond acceptors (Lipinski definition) is 8. The van der Waals surface area contributed by atoms with Crippen molar-refractivity contribution < 1.29 is 27.6 Å². The van der Waals surface area contributed by atoms with Crippen LogP contribution < -0.4 is 10.8 Å². The summed E-state index contributed by atoms with van der Waals surface area (Å²) >= 11 is 1.37. The number of amides is 2. The number of carbonyl (C=O) groups excluding carboxylic acids is 2. The predicted octanol–water partition coefficient (Wildman–Crippen LogP) is 3.67. The van der Waals surface area contributed by atoms with E-state index in [1.165, 1.54) is 11.3 Å². The molecule has 202 valence electrons. The summed E-state index contributed by atoms with van der Waals surface area (Å²) in [5.41, 5.74) is 3.97. The van der Waals surface area contributed by atoms with Gasteiger partial charge in [-0.05, 0) is 69.6 Å². The molecular formula is C26H35N3O6S2. The predicted molar refractivity (Wildman–Crippen MR) is 144 cm³/mol. The lowest BCUT2D eigenvalue weighted by molar-refractivity contribution is -0.200. The van der Waals surface area contributed by atoms with Crippen LogP contribution in [0, 0.1) is 0 Å². The minimum atomic E-state index is -3.58. The Hall–Kier alpha value is -2.31. The zero-order chi connectivity index (χ0) is 26.5. The molecule has 2 saturated heterocycles. The molecule has 11 heteroatoms. The van der Waals surface area contributed by atoms with Crippen LogP contribution in [0.1, 0.15) is 49.8 Å². The number of anilines is 1. The van der Waals surface area contributed by atoms with Crippen molar-refractivity contribution in [3.63, 3.8) is 0 Å². The lowest BCUT2D eigenvalue weighted by Crippen LogP contribution is -2.45. The highest BCUT2D eigenvalue weighted by molar-refractivity contribution is 7.92. The molecule has 2 aliphatic rings. The molecule has 2 aliphatic heterocycles. The van der Waals surface area contributed by atoms with E-state index in [9.17, 15) is 18.0 Å². The van der Waals surface area contributed by atoms with Gasteiger partial charge in [-0.25, -0.2) is 18.7 Å². The normalized spacial score (nSPS) is 23.5. The van der Waals surface area contributed by atoms with Gasteiger partial charge < -0.3 is 15.0 Å². The summed E-state index contributed by atoms with van der Waals surface area (Å²) in [6.45, 7) is 0.851. The molecule has 2 atom stereocenters. The van der Waals surface area contributed by atoms with Gasteiger partial charge in [0.15, 0.2) is 16.1 Å². The molecule has 3 heterocycles. The molecule has 0 saturated carbocycles. The summed E-state index contributed by atoms with van der Waals surface area (Å²) < 4.78 is 31.1. The molecule has 1 aromatic carbocycles. The van der Waals surface area contributed by atoms with Gasteiger partial charge in [0, 0.05) is 28.5 Å². The number of hydrogen-bond donors (Lipinski definition) is 2. The number of hydroxylamine groups is 1. The van der Waals surface area contributed by atoms with Crippen LogP contribution in [0.2, 0.25) is 0 Å². The molecule has 0 aliphatic carbocycles. The van der Waals surface area contributed by atoms with E-state index in [1.807, 2.05) is 50.5 Å². The number of sulfone groups is 1. The maximum absolute atomic E-state index is 13.5. The van der Waals surface area contributed by atoms with Crippen LogP contribution in [0.3, 0.4) is 0 Å². The Labute approximate surface area is 222 Å². The second-order valence-corrected chi connectivity index (χ2v) is 13.4. The number of thiophene rings is 1. The summed E-state index contributed by atoms with van der Waals surface area (Å²) in [6.07, 6.45) is 3.58. The molecule has 1 aromatic heterocycles. The molecule has 2 N–H and O–H groups in total. The van der Waals surface area contributed by atoms with Crippen molar-refractivity contribution in [2.24, 2.45) is 0 Å². The van der Waals surface area contributed by atoms with Gasteiger partial charge in [0.25, 0.3) is 0 Å². The standard InChI is InChI=1S/C26H35N3O6S2/c1-29(2)18-24(31)27-20-9-7-8-19(16-20)21-11-12-22(36-21)26(13-4-6-15-37(26,32)33)17-23(30)28-35-25-10-3-5-14-34-25/h7-9,11-12,16,25H,3-6,10,13-15,17-18H2,1-2H3,(H,27,31)(H,28,30)/t25?,26-/m0/s1. The second-order valence-electron chi connectivity index (χ2n) is 9.92. The average Bonchev–Trinajstić information content (AvgIpc) is 3.35. The molecule has 37 heavy (non-hydrogen) atoms. The van der Waals surface area contributed by atoms with E-state index < -0.39 is 26.8 Å². The SMILES string of the molecule is CN(C)CC(=O)Nc1cccc(-c2ccc([C@@]3(CC(=O)NOC4CCCCO4)CCCCS3(=O)=O)s2)c1. The Morgan fingerprint density at radius 1 is 1.14 bits per heavy atom. The molecule has 2 amide bonds. The van der Waals surface area contributed by atoms with Gasteiger partial charge >= 0.3 is 0 Å². The third-order valence-corrected chi connectivity index (χ3v) is 10.7. The third kappa shape index (κ3) is 6.77. The van der Waals surface area contributed by atoms with Crippen molar-refractivity contribution in [3.05, 3.63) is 41.3 Å². The lowest BCUT2D eigenvalue weighted by atomic mass is 9.94. The molecule has 0 radical (unpaired) electrons. The Balaban J connectivity index is 1.54. The molecule has 0 spiro atoms. The van der Waals surface area contributed by atoms with Crippen molar-refractivity contribution in [1.29, 1.82) is 0 Å². The highest BCUT2D eigenvalue weighted by atomic mass is 32.2. The topological polar surface area (TPSA) is 114 Å². The molecule has 2 aromatic rings. The van der Waals surface area contributed by atoms with Crippen molar-refractivity contribution in [2.45, 2.75) is 56.0 Å².